The molecule has 0 atom stereocenters. The number of hydrogen-bond acceptors (Lipinski definition) is 5. The predicted octanol–water partition coefficient (Wildman–Crippen LogP) is 1.78. The Labute approximate surface area is 112 Å². The minimum atomic E-state index is -0.349. The molecular formula is C11H10BrN5O. The molecule has 6 nitrogen and oxygen atoms in total. The Morgan fingerprint density at radius 3 is 2.89 bits per heavy atom. The molecule has 1 aromatic carbocycles. The molecule has 18 heavy (non-hydrogen) atoms. The number of aromatic nitrogens is 2. The summed E-state index contributed by atoms with van der Waals surface area (Å²) in [5.74, 6) is 5.18. The van der Waals surface area contributed by atoms with Crippen molar-refractivity contribution in [2.45, 2.75) is 0 Å². The zero-order chi connectivity index (χ0) is 13.0. The van der Waals surface area contributed by atoms with Crippen LogP contribution < -0.4 is 16.6 Å². The highest BCUT2D eigenvalue weighted by molar-refractivity contribution is 9.10. The van der Waals surface area contributed by atoms with Crippen LogP contribution in [0, 0.1) is 0 Å². The monoisotopic (exact) mass is 307 g/mol. The van der Waals surface area contributed by atoms with Gasteiger partial charge in [0.15, 0.2) is 5.82 Å². The molecule has 1 amide bonds. The van der Waals surface area contributed by atoms with Gasteiger partial charge in [-0.2, -0.15) is 0 Å². The van der Waals surface area contributed by atoms with Crippen molar-refractivity contribution < 1.29 is 4.79 Å². The van der Waals surface area contributed by atoms with Gasteiger partial charge in [-0.15, -0.1) is 0 Å². The molecule has 92 valence electrons. The maximum absolute atomic E-state index is 11.9. The topological polar surface area (TPSA) is 92.9 Å². The van der Waals surface area contributed by atoms with Crippen molar-refractivity contribution >= 4 is 33.3 Å². The molecule has 0 fully saturated rings. The van der Waals surface area contributed by atoms with Crippen LogP contribution >= 0.6 is 15.9 Å². The van der Waals surface area contributed by atoms with E-state index in [1.54, 1.807) is 12.1 Å². The van der Waals surface area contributed by atoms with Gasteiger partial charge in [0.2, 0.25) is 0 Å². The molecule has 0 radical (unpaired) electrons. The Kier molecular flexibility index (Phi) is 3.85. The number of anilines is 2. The minimum Gasteiger partial charge on any atom is -0.321 e. The third-order valence-corrected chi connectivity index (χ3v) is 2.59. The lowest BCUT2D eigenvalue weighted by Crippen LogP contribution is -2.16. The van der Waals surface area contributed by atoms with Crippen molar-refractivity contribution in [2.24, 2.45) is 5.84 Å². The fourth-order valence-electron chi connectivity index (χ4n) is 1.31. The Morgan fingerprint density at radius 2 is 2.17 bits per heavy atom. The van der Waals surface area contributed by atoms with Gasteiger partial charge in [-0.05, 0) is 18.2 Å². The van der Waals surface area contributed by atoms with Gasteiger partial charge in [0.05, 0.1) is 12.4 Å². The molecule has 0 saturated carbocycles. The Bertz CT molecular complexity index is 575. The van der Waals surface area contributed by atoms with E-state index in [0.717, 1.165) is 4.47 Å². The van der Waals surface area contributed by atoms with Gasteiger partial charge in [-0.25, -0.2) is 10.8 Å². The van der Waals surface area contributed by atoms with Crippen molar-refractivity contribution in [3.05, 3.63) is 46.8 Å². The van der Waals surface area contributed by atoms with E-state index in [-0.39, 0.29) is 11.6 Å². The van der Waals surface area contributed by atoms with E-state index in [4.69, 9.17) is 5.84 Å². The first kappa shape index (κ1) is 12.5. The predicted molar refractivity (Wildman–Crippen MR) is 71.9 cm³/mol. The SMILES string of the molecule is NNc1cncc(C(=O)Nc2cccc(Br)c2)n1. The number of nitrogen functional groups attached to an aromatic ring is 1. The Balaban J connectivity index is 2.16. The van der Waals surface area contributed by atoms with E-state index in [0.29, 0.717) is 11.5 Å². The average Bonchev–Trinajstić information content (AvgIpc) is 2.39. The van der Waals surface area contributed by atoms with Gasteiger partial charge in [0, 0.05) is 10.2 Å². The number of rotatable bonds is 3. The van der Waals surface area contributed by atoms with Crippen LogP contribution in [0.15, 0.2) is 41.1 Å². The average molecular weight is 308 g/mol. The number of carbonyl (C=O) groups excluding carboxylic acids is 1. The van der Waals surface area contributed by atoms with E-state index in [9.17, 15) is 4.79 Å². The largest absolute Gasteiger partial charge is 0.321 e. The summed E-state index contributed by atoms with van der Waals surface area (Å²) in [7, 11) is 0. The van der Waals surface area contributed by atoms with Crippen molar-refractivity contribution in [2.75, 3.05) is 10.7 Å². The van der Waals surface area contributed by atoms with E-state index in [2.05, 4.69) is 36.6 Å². The fraction of sp³-hybridized carbons (Fsp3) is 0. The summed E-state index contributed by atoms with van der Waals surface area (Å²) in [6.45, 7) is 0. The summed E-state index contributed by atoms with van der Waals surface area (Å²) >= 11 is 3.33. The first-order valence-electron chi connectivity index (χ1n) is 5.04. The summed E-state index contributed by atoms with van der Waals surface area (Å²) in [6, 6.07) is 7.26. The summed E-state index contributed by atoms with van der Waals surface area (Å²) in [5.41, 5.74) is 3.19. The molecule has 0 aliphatic rings. The molecule has 0 aliphatic heterocycles. The number of nitrogens with two attached hydrogens (primary N) is 1. The van der Waals surface area contributed by atoms with Gasteiger partial charge in [-0.1, -0.05) is 22.0 Å². The Morgan fingerprint density at radius 1 is 1.33 bits per heavy atom. The zero-order valence-electron chi connectivity index (χ0n) is 9.22. The standard InChI is InChI=1S/C11H10BrN5O/c12-7-2-1-3-8(4-7)15-11(18)9-5-14-6-10(16-9)17-13/h1-6H,13H2,(H,15,18)(H,16,17). The van der Waals surface area contributed by atoms with Crippen LogP contribution in [-0.2, 0) is 0 Å². The van der Waals surface area contributed by atoms with Crippen LogP contribution in [0.2, 0.25) is 0 Å². The van der Waals surface area contributed by atoms with Crippen LogP contribution in [0.3, 0.4) is 0 Å². The lowest BCUT2D eigenvalue weighted by molar-refractivity contribution is 0.102. The lowest BCUT2D eigenvalue weighted by Gasteiger charge is -2.05. The number of halogens is 1. The third-order valence-electron chi connectivity index (χ3n) is 2.10. The number of hydrogen-bond donors (Lipinski definition) is 3. The third kappa shape index (κ3) is 3.02. The van der Waals surface area contributed by atoms with Crippen molar-refractivity contribution in [1.82, 2.24) is 9.97 Å². The maximum Gasteiger partial charge on any atom is 0.275 e. The second kappa shape index (κ2) is 5.56. The number of nitrogens with zero attached hydrogens (tertiary/aromatic N) is 2. The molecule has 0 bridgehead atoms. The normalized spacial score (nSPS) is 9.89. The molecule has 0 spiro atoms. The van der Waals surface area contributed by atoms with E-state index in [1.807, 2.05) is 12.1 Å². The van der Waals surface area contributed by atoms with Crippen molar-refractivity contribution in [3.8, 4) is 0 Å². The highest BCUT2D eigenvalue weighted by Crippen LogP contribution is 2.16. The first-order valence-corrected chi connectivity index (χ1v) is 5.84. The second-order valence-electron chi connectivity index (χ2n) is 3.40. The summed E-state index contributed by atoms with van der Waals surface area (Å²) in [6.07, 6.45) is 2.80. The fourth-order valence-corrected chi connectivity index (χ4v) is 1.71. The number of hydrazine groups is 1. The van der Waals surface area contributed by atoms with Gasteiger partial charge in [-0.3, -0.25) is 9.78 Å². The summed E-state index contributed by atoms with van der Waals surface area (Å²) in [5, 5.41) is 2.71. The molecule has 1 aromatic heterocycles. The van der Waals surface area contributed by atoms with Gasteiger partial charge in [0.1, 0.15) is 5.69 Å². The Hall–Kier alpha value is -1.99. The second-order valence-corrected chi connectivity index (χ2v) is 4.31. The van der Waals surface area contributed by atoms with Gasteiger partial charge >= 0.3 is 0 Å². The zero-order valence-corrected chi connectivity index (χ0v) is 10.8. The first-order chi connectivity index (χ1) is 8.69. The molecular weight excluding hydrogens is 298 g/mol. The number of nitrogens with one attached hydrogen (secondary N) is 2. The van der Waals surface area contributed by atoms with E-state index >= 15 is 0 Å². The van der Waals surface area contributed by atoms with Gasteiger partial charge in [0.25, 0.3) is 5.91 Å². The number of carbonyl (C=O) groups is 1. The van der Waals surface area contributed by atoms with Crippen LogP contribution in [0.5, 0.6) is 0 Å². The molecule has 2 aromatic rings. The van der Waals surface area contributed by atoms with E-state index < -0.39 is 0 Å². The minimum absolute atomic E-state index is 0.186. The highest BCUT2D eigenvalue weighted by Gasteiger charge is 2.09. The molecule has 0 aliphatic carbocycles. The van der Waals surface area contributed by atoms with Crippen molar-refractivity contribution in [1.29, 1.82) is 0 Å². The highest BCUT2D eigenvalue weighted by atomic mass is 79.9. The van der Waals surface area contributed by atoms with Crippen LogP contribution in [0.1, 0.15) is 10.5 Å². The molecule has 7 heteroatoms. The number of amides is 1. The lowest BCUT2D eigenvalue weighted by atomic mass is 10.3. The smallest absolute Gasteiger partial charge is 0.275 e. The van der Waals surface area contributed by atoms with E-state index in [1.165, 1.54) is 12.4 Å². The van der Waals surface area contributed by atoms with Crippen LogP contribution in [-0.4, -0.2) is 15.9 Å². The molecule has 4 N–H and O–H groups in total. The molecule has 1 heterocycles. The molecule has 0 saturated heterocycles. The van der Waals surface area contributed by atoms with Crippen LogP contribution in [0.4, 0.5) is 11.5 Å². The van der Waals surface area contributed by atoms with Gasteiger partial charge < -0.3 is 10.7 Å². The summed E-state index contributed by atoms with van der Waals surface area (Å²) < 4.78 is 0.878. The van der Waals surface area contributed by atoms with Crippen LogP contribution in [0.25, 0.3) is 0 Å². The summed E-state index contributed by atoms with van der Waals surface area (Å²) in [4.78, 5) is 19.7. The number of benzene rings is 1. The van der Waals surface area contributed by atoms with Crippen molar-refractivity contribution in [3.63, 3.8) is 0 Å². The maximum atomic E-state index is 11.9. The quantitative estimate of drug-likeness (QED) is 0.593. The molecule has 0 unspecified atom stereocenters. The molecule has 2 rings (SSSR count).